The normalized spacial score (nSPS) is 18.1. The van der Waals surface area contributed by atoms with Crippen molar-refractivity contribution in [3.05, 3.63) is 0 Å². The number of sulfonamides is 1. The average molecular weight is 249 g/mol. The van der Waals surface area contributed by atoms with E-state index < -0.39 is 10.0 Å². The molecule has 0 spiro atoms. The summed E-state index contributed by atoms with van der Waals surface area (Å²) in [5, 5.41) is 8.81. The third kappa shape index (κ3) is 3.71. The van der Waals surface area contributed by atoms with E-state index in [0.717, 1.165) is 19.3 Å². The molecule has 0 saturated heterocycles. The molecular formula is C11H23NO3S. The van der Waals surface area contributed by atoms with Gasteiger partial charge in [0.2, 0.25) is 10.0 Å². The Kier molecular flexibility index (Phi) is 5.21. The molecule has 4 nitrogen and oxygen atoms in total. The van der Waals surface area contributed by atoms with Gasteiger partial charge in [-0.2, -0.15) is 4.31 Å². The van der Waals surface area contributed by atoms with Crippen molar-refractivity contribution in [3.8, 4) is 0 Å². The molecular weight excluding hydrogens is 226 g/mol. The maximum absolute atomic E-state index is 12.1. The molecule has 0 aliphatic heterocycles. The van der Waals surface area contributed by atoms with Gasteiger partial charge in [0, 0.05) is 19.2 Å². The summed E-state index contributed by atoms with van der Waals surface area (Å²) in [6.07, 6.45) is 3.61. The number of aliphatic hydroxyl groups is 1. The van der Waals surface area contributed by atoms with Gasteiger partial charge in [-0.15, -0.1) is 0 Å². The van der Waals surface area contributed by atoms with Gasteiger partial charge in [0.1, 0.15) is 0 Å². The molecule has 0 unspecified atom stereocenters. The van der Waals surface area contributed by atoms with Crippen LogP contribution >= 0.6 is 0 Å². The highest BCUT2D eigenvalue weighted by Gasteiger charge is 2.33. The van der Waals surface area contributed by atoms with Crippen LogP contribution in [0.5, 0.6) is 0 Å². The van der Waals surface area contributed by atoms with Crippen LogP contribution in [0.1, 0.15) is 39.5 Å². The molecule has 96 valence electrons. The number of aliphatic hydroxyl groups excluding tert-OH is 1. The smallest absolute Gasteiger partial charge is 0.214 e. The lowest BCUT2D eigenvalue weighted by molar-refractivity contribution is 0.198. The Balaban J connectivity index is 2.66. The summed E-state index contributed by atoms with van der Waals surface area (Å²) in [6.45, 7) is 4.36. The number of rotatable bonds is 7. The molecule has 5 heteroatoms. The Hall–Kier alpha value is -0.130. The Morgan fingerprint density at radius 3 is 2.38 bits per heavy atom. The lowest BCUT2D eigenvalue weighted by atomic mass is 9.93. The molecule has 1 saturated carbocycles. The summed E-state index contributed by atoms with van der Waals surface area (Å²) >= 11 is 0. The molecule has 0 radical (unpaired) electrons. The van der Waals surface area contributed by atoms with Crippen LogP contribution in [0.15, 0.2) is 0 Å². The van der Waals surface area contributed by atoms with Crippen molar-refractivity contribution in [1.29, 1.82) is 0 Å². The van der Waals surface area contributed by atoms with Gasteiger partial charge < -0.3 is 5.11 Å². The third-order valence-corrected chi connectivity index (χ3v) is 5.20. The SMILES string of the molecule is CC(C)CS(=O)(=O)N(CCCO)C1CCC1. The lowest BCUT2D eigenvalue weighted by Gasteiger charge is -2.36. The Labute approximate surface area is 98.7 Å². The first kappa shape index (κ1) is 13.9. The van der Waals surface area contributed by atoms with E-state index in [1.54, 1.807) is 4.31 Å². The Morgan fingerprint density at radius 1 is 1.38 bits per heavy atom. The van der Waals surface area contributed by atoms with Crippen molar-refractivity contribution in [2.45, 2.75) is 45.6 Å². The quantitative estimate of drug-likeness (QED) is 0.738. The first-order valence-corrected chi connectivity index (χ1v) is 7.68. The van der Waals surface area contributed by atoms with Crippen LogP contribution < -0.4 is 0 Å². The van der Waals surface area contributed by atoms with Gasteiger partial charge in [-0.25, -0.2) is 8.42 Å². The minimum atomic E-state index is -3.13. The molecule has 0 heterocycles. The second-order valence-corrected chi connectivity index (χ2v) is 6.91. The summed E-state index contributed by atoms with van der Waals surface area (Å²) in [5.74, 6) is 0.372. The maximum Gasteiger partial charge on any atom is 0.214 e. The van der Waals surface area contributed by atoms with Crippen molar-refractivity contribution in [2.75, 3.05) is 18.9 Å². The summed E-state index contributed by atoms with van der Waals surface area (Å²) in [5.41, 5.74) is 0. The summed E-state index contributed by atoms with van der Waals surface area (Å²) < 4.78 is 25.9. The molecule has 1 aliphatic carbocycles. The maximum atomic E-state index is 12.1. The number of hydrogen-bond donors (Lipinski definition) is 1. The molecule has 1 rings (SSSR count). The van der Waals surface area contributed by atoms with E-state index in [-0.39, 0.29) is 24.3 Å². The molecule has 0 aromatic heterocycles. The van der Waals surface area contributed by atoms with Crippen molar-refractivity contribution in [1.82, 2.24) is 4.31 Å². The van der Waals surface area contributed by atoms with Crippen LogP contribution in [0.4, 0.5) is 0 Å². The zero-order chi connectivity index (χ0) is 12.2. The summed E-state index contributed by atoms with van der Waals surface area (Å²) in [4.78, 5) is 0. The molecule has 1 N–H and O–H groups in total. The first-order chi connectivity index (χ1) is 7.47. The Bertz CT molecular complexity index is 296. The van der Waals surface area contributed by atoms with Crippen LogP contribution in [0, 0.1) is 5.92 Å². The molecule has 0 bridgehead atoms. The van der Waals surface area contributed by atoms with E-state index in [1.807, 2.05) is 13.8 Å². The van der Waals surface area contributed by atoms with Crippen LogP contribution in [0.3, 0.4) is 0 Å². The van der Waals surface area contributed by atoms with Crippen LogP contribution in [-0.4, -0.2) is 42.8 Å². The van der Waals surface area contributed by atoms with Gasteiger partial charge >= 0.3 is 0 Å². The zero-order valence-electron chi connectivity index (χ0n) is 10.2. The van der Waals surface area contributed by atoms with Crippen LogP contribution in [0.25, 0.3) is 0 Å². The summed E-state index contributed by atoms with van der Waals surface area (Å²) in [6, 6.07) is 0.190. The van der Waals surface area contributed by atoms with Gasteiger partial charge in [0.05, 0.1) is 5.75 Å². The second-order valence-electron chi connectivity index (χ2n) is 4.95. The fourth-order valence-corrected chi connectivity index (χ4v) is 4.07. The second kappa shape index (κ2) is 5.98. The van der Waals surface area contributed by atoms with Gasteiger partial charge in [0.25, 0.3) is 0 Å². The van der Waals surface area contributed by atoms with Gasteiger partial charge in [-0.05, 0) is 25.2 Å². The van der Waals surface area contributed by atoms with Gasteiger partial charge in [0.15, 0.2) is 0 Å². The first-order valence-electron chi connectivity index (χ1n) is 6.07. The fraction of sp³-hybridized carbons (Fsp3) is 1.00. The third-order valence-electron chi connectivity index (χ3n) is 2.92. The van der Waals surface area contributed by atoms with Crippen LogP contribution in [0.2, 0.25) is 0 Å². The van der Waals surface area contributed by atoms with Crippen molar-refractivity contribution in [2.24, 2.45) is 5.92 Å². The molecule has 1 aliphatic rings. The van der Waals surface area contributed by atoms with E-state index >= 15 is 0 Å². The molecule has 0 atom stereocenters. The van der Waals surface area contributed by atoms with E-state index in [4.69, 9.17) is 5.11 Å². The van der Waals surface area contributed by atoms with Crippen molar-refractivity contribution >= 4 is 10.0 Å². The highest BCUT2D eigenvalue weighted by Crippen LogP contribution is 2.27. The zero-order valence-corrected chi connectivity index (χ0v) is 11.0. The predicted molar refractivity (Wildman–Crippen MR) is 64.7 cm³/mol. The van der Waals surface area contributed by atoms with Crippen molar-refractivity contribution < 1.29 is 13.5 Å². The largest absolute Gasteiger partial charge is 0.396 e. The van der Waals surface area contributed by atoms with E-state index in [9.17, 15) is 8.42 Å². The summed E-state index contributed by atoms with van der Waals surface area (Å²) in [7, 11) is -3.13. The van der Waals surface area contributed by atoms with Gasteiger partial charge in [-0.1, -0.05) is 20.3 Å². The molecule has 0 aromatic rings. The van der Waals surface area contributed by atoms with Crippen molar-refractivity contribution in [3.63, 3.8) is 0 Å². The monoisotopic (exact) mass is 249 g/mol. The number of hydrogen-bond acceptors (Lipinski definition) is 3. The van der Waals surface area contributed by atoms with E-state index in [2.05, 4.69) is 0 Å². The molecule has 16 heavy (non-hydrogen) atoms. The lowest BCUT2D eigenvalue weighted by Crippen LogP contribution is -2.46. The van der Waals surface area contributed by atoms with Crippen LogP contribution in [-0.2, 0) is 10.0 Å². The van der Waals surface area contributed by atoms with E-state index in [1.165, 1.54) is 0 Å². The highest BCUT2D eigenvalue weighted by atomic mass is 32.2. The minimum absolute atomic E-state index is 0.0560. The fourth-order valence-electron chi connectivity index (χ4n) is 1.97. The average Bonchev–Trinajstić information content (AvgIpc) is 2.06. The standard InChI is InChI=1S/C11H23NO3S/c1-10(2)9-16(14,15)12(7-4-8-13)11-5-3-6-11/h10-11,13H,3-9H2,1-2H3. The highest BCUT2D eigenvalue weighted by molar-refractivity contribution is 7.89. The minimum Gasteiger partial charge on any atom is -0.396 e. The Morgan fingerprint density at radius 2 is 2.00 bits per heavy atom. The predicted octanol–water partition coefficient (Wildman–Crippen LogP) is 1.21. The van der Waals surface area contributed by atoms with Gasteiger partial charge in [-0.3, -0.25) is 0 Å². The molecule has 0 amide bonds. The van der Waals surface area contributed by atoms with E-state index in [0.29, 0.717) is 13.0 Å². The number of nitrogens with zero attached hydrogens (tertiary/aromatic N) is 1. The topological polar surface area (TPSA) is 57.6 Å². The molecule has 0 aromatic carbocycles. The molecule has 1 fully saturated rings.